The van der Waals surface area contributed by atoms with Crippen molar-refractivity contribution in [2.45, 2.75) is 22.0 Å². The van der Waals surface area contributed by atoms with Gasteiger partial charge in [-0.05, 0) is 73.5 Å². The maximum absolute atomic E-state index is 12.9. The molecule has 1 aliphatic rings. The molecule has 0 fully saturated rings. The average Bonchev–Trinajstić information content (AvgIpc) is 2.79. The zero-order valence-corrected chi connectivity index (χ0v) is 18.6. The molecule has 0 aromatic heterocycles. The molecule has 3 aromatic rings. The van der Waals surface area contributed by atoms with Crippen LogP contribution in [0.5, 0.6) is 0 Å². The summed E-state index contributed by atoms with van der Waals surface area (Å²) in [5.41, 5.74) is 3.15. The van der Waals surface area contributed by atoms with Crippen molar-refractivity contribution in [3.05, 3.63) is 78.1 Å². The van der Waals surface area contributed by atoms with E-state index in [-0.39, 0.29) is 17.0 Å². The molecule has 5 nitrogen and oxygen atoms in total. The molecule has 1 heterocycles. The highest BCUT2D eigenvalue weighted by Crippen LogP contribution is 2.35. The highest BCUT2D eigenvalue weighted by atomic mass is 32.2. The summed E-state index contributed by atoms with van der Waals surface area (Å²) in [5.74, 6) is -0.244. The normalized spacial score (nSPS) is 14.4. The predicted molar refractivity (Wildman–Crippen MR) is 128 cm³/mol. The van der Waals surface area contributed by atoms with Crippen molar-refractivity contribution in [1.29, 1.82) is 0 Å². The summed E-state index contributed by atoms with van der Waals surface area (Å²) in [4.78, 5) is 23.9. The highest BCUT2D eigenvalue weighted by molar-refractivity contribution is 8.01. The third kappa shape index (κ3) is 6.50. The quantitative estimate of drug-likeness (QED) is 0.328. The maximum Gasteiger partial charge on any atom is 0.237 e. The molecule has 0 bridgehead atoms. The molecular formula is C23H22FN3O2S2. The molecule has 1 atom stereocenters. The van der Waals surface area contributed by atoms with Crippen LogP contribution in [0.3, 0.4) is 0 Å². The molecule has 1 unspecified atom stereocenters. The number of carbonyl (C=O) groups is 2. The molecule has 8 heteroatoms. The number of halogens is 1. The van der Waals surface area contributed by atoms with Crippen LogP contribution in [0.4, 0.5) is 21.5 Å². The van der Waals surface area contributed by atoms with Gasteiger partial charge < -0.3 is 15.4 Å². The van der Waals surface area contributed by atoms with Gasteiger partial charge in [0.2, 0.25) is 5.91 Å². The summed E-state index contributed by atoms with van der Waals surface area (Å²) in [6.45, 7) is 1.86. The zero-order chi connectivity index (χ0) is 22.2. The fourth-order valence-corrected chi connectivity index (χ4v) is 4.22. The SMILES string of the molecule is CC1Sc2ccc(C=O)cc2NC1=O.CNc1ccc(SNc2cccc(F)c2)cc1. The van der Waals surface area contributed by atoms with Gasteiger partial charge in [-0.3, -0.25) is 9.59 Å². The molecular weight excluding hydrogens is 433 g/mol. The Labute approximate surface area is 189 Å². The Hall–Kier alpha value is -2.97. The van der Waals surface area contributed by atoms with Crippen molar-refractivity contribution in [3.63, 3.8) is 0 Å². The highest BCUT2D eigenvalue weighted by Gasteiger charge is 2.22. The van der Waals surface area contributed by atoms with E-state index in [4.69, 9.17) is 0 Å². The van der Waals surface area contributed by atoms with Gasteiger partial charge in [0.15, 0.2) is 0 Å². The van der Waals surface area contributed by atoms with Gasteiger partial charge in [0, 0.05) is 33.8 Å². The number of benzene rings is 3. The minimum absolute atomic E-state index is 0.00875. The van der Waals surface area contributed by atoms with E-state index in [0.717, 1.165) is 33.1 Å². The van der Waals surface area contributed by atoms with Crippen molar-refractivity contribution in [3.8, 4) is 0 Å². The second-order valence-electron chi connectivity index (χ2n) is 6.61. The Morgan fingerprint density at radius 2 is 1.84 bits per heavy atom. The van der Waals surface area contributed by atoms with Gasteiger partial charge in [-0.25, -0.2) is 4.39 Å². The number of nitrogens with one attached hydrogen (secondary N) is 3. The smallest absolute Gasteiger partial charge is 0.237 e. The largest absolute Gasteiger partial charge is 0.388 e. The number of rotatable bonds is 5. The Morgan fingerprint density at radius 3 is 2.52 bits per heavy atom. The van der Waals surface area contributed by atoms with Crippen LogP contribution in [0.2, 0.25) is 0 Å². The van der Waals surface area contributed by atoms with Crippen LogP contribution in [0.25, 0.3) is 0 Å². The van der Waals surface area contributed by atoms with Crippen molar-refractivity contribution in [1.82, 2.24) is 0 Å². The number of hydrogen-bond acceptors (Lipinski definition) is 6. The van der Waals surface area contributed by atoms with Crippen LogP contribution in [-0.4, -0.2) is 24.5 Å². The summed E-state index contributed by atoms with van der Waals surface area (Å²) in [5, 5.41) is 5.76. The van der Waals surface area contributed by atoms with Crippen LogP contribution in [0, 0.1) is 5.82 Å². The summed E-state index contributed by atoms with van der Waals surface area (Å²) in [6, 6.07) is 19.7. The number of amides is 1. The fourth-order valence-electron chi connectivity index (χ4n) is 2.66. The lowest BCUT2D eigenvalue weighted by Crippen LogP contribution is -2.26. The monoisotopic (exact) mass is 455 g/mol. The third-order valence-corrected chi connectivity index (χ3v) is 6.35. The lowest BCUT2D eigenvalue weighted by molar-refractivity contribution is -0.115. The summed E-state index contributed by atoms with van der Waals surface area (Å²) in [7, 11) is 1.88. The molecule has 3 aromatic carbocycles. The van der Waals surface area contributed by atoms with Crippen molar-refractivity contribution < 1.29 is 14.0 Å². The Balaban J connectivity index is 0.000000179. The number of thioether (sulfide) groups is 1. The van der Waals surface area contributed by atoms with Gasteiger partial charge in [-0.1, -0.05) is 12.1 Å². The van der Waals surface area contributed by atoms with Crippen molar-refractivity contribution >= 4 is 53.0 Å². The number of anilines is 3. The van der Waals surface area contributed by atoms with E-state index in [0.29, 0.717) is 5.56 Å². The van der Waals surface area contributed by atoms with Gasteiger partial charge in [0.1, 0.15) is 12.1 Å². The molecule has 31 heavy (non-hydrogen) atoms. The first-order valence-corrected chi connectivity index (χ1v) is 11.2. The summed E-state index contributed by atoms with van der Waals surface area (Å²) >= 11 is 2.97. The molecule has 4 rings (SSSR count). The predicted octanol–water partition coefficient (Wildman–Crippen LogP) is 5.92. The van der Waals surface area contributed by atoms with E-state index in [1.807, 2.05) is 50.4 Å². The van der Waals surface area contributed by atoms with Crippen LogP contribution in [0.1, 0.15) is 17.3 Å². The fraction of sp³-hybridized carbons (Fsp3) is 0.130. The summed E-state index contributed by atoms with van der Waals surface area (Å²) in [6.07, 6.45) is 0.773. The van der Waals surface area contributed by atoms with Gasteiger partial charge >= 0.3 is 0 Å². The van der Waals surface area contributed by atoms with E-state index < -0.39 is 0 Å². The van der Waals surface area contributed by atoms with Crippen LogP contribution in [-0.2, 0) is 4.79 Å². The molecule has 3 N–H and O–H groups in total. The van der Waals surface area contributed by atoms with Crippen LogP contribution < -0.4 is 15.4 Å². The van der Waals surface area contributed by atoms with Crippen LogP contribution >= 0.6 is 23.7 Å². The van der Waals surface area contributed by atoms with Gasteiger partial charge in [-0.2, -0.15) is 0 Å². The van der Waals surface area contributed by atoms with Crippen molar-refractivity contribution in [2.75, 3.05) is 22.4 Å². The van der Waals surface area contributed by atoms with E-state index in [9.17, 15) is 14.0 Å². The van der Waals surface area contributed by atoms with Crippen molar-refractivity contribution in [2.24, 2.45) is 0 Å². The Morgan fingerprint density at radius 1 is 1.06 bits per heavy atom. The number of carbonyl (C=O) groups excluding carboxylic acids is 2. The second kappa shape index (κ2) is 10.9. The molecule has 0 radical (unpaired) electrons. The maximum atomic E-state index is 12.9. The lowest BCUT2D eigenvalue weighted by atomic mass is 10.2. The third-order valence-electron chi connectivity index (χ3n) is 4.32. The number of fused-ring (bicyclic) bond motifs is 1. The first-order valence-electron chi connectivity index (χ1n) is 9.51. The Bertz CT molecular complexity index is 1060. The second-order valence-corrected chi connectivity index (χ2v) is 8.87. The molecule has 1 amide bonds. The Kier molecular flexibility index (Phi) is 7.97. The molecule has 0 saturated heterocycles. The van der Waals surface area contributed by atoms with Gasteiger partial charge in [0.05, 0.1) is 10.9 Å². The lowest BCUT2D eigenvalue weighted by Gasteiger charge is -2.21. The van der Waals surface area contributed by atoms with Crippen LogP contribution in [0.15, 0.2) is 76.5 Å². The van der Waals surface area contributed by atoms with E-state index in [1.54, 1.807) is 18.2 Å². The van der Waals surface area contributed by atoms with E-state index in [1.165, 1.54) is 35.8 Å². The number of aldehydes is 1. The molecule has 0 saturated carbocycles. The zero-order valence-electron chi connectivity index (χ0n) is 17.0. The van der Waals surface area contributed by atoms with Gasteiger partial charge in [0.25, 0.3) is 0 Å². The van der Waals surface area contributed by atoms with Gasteiger partial charge in [-0.15, -0.1) is 11.8 Å². The number of hydrogen-bond donors (Lipinski definition) is 3. The first kappa shape index (κ1) is 22.7. The average molecular weight is 456 g/mol. The molecule has 1 aliphatic heterocycles. The standard InChI is InChI=1S/C13H13FN2S.C10H9NO2S/c1-15-11-5-7-13(8-6-11)17-16-12-4-2-3-10(14)9-12;1-6-10(13)11-8-4-7(5-12)2-3-9(8)14-6/h2-9,15-16H,1H3;2-6H,1H3,(H,11,13). The molecule has 0 spiro atoms. The molecule has 0 aliphatic carbocycles. The topological polar surface area (TPSA) is 70.2 Å². The minimum Gasteiger partial charge on any atom is -0.388 e. The summed E-state index contributed by atoms with van der Waals surface area (Å²) < 4.78 is 16.0. The molecule has 160 valence electrons. The van der Waals surface area contributed by atoms with E-state index >= 15 is 0 Å². The van der Waals surface area contributed by atoms with E-state index in [2.05, 4.69) is 15.4 Å². The first-order chi connectivity index (χ1) is 15.0. The minimum atomic E-state index is -0.235.